The highest BCUT2D eigenvalue weighted by Gasteiger charge is 2.20. The summed E-state index contributed by atoms with van der Waals surface area (Å²) in [6, 6.07) is 19.5. The van der Waals surface area contributed by atoms with Gasteiger partial charge in [0.1, 0.15) is 17.6 Å². The monoisotopic (exact) mass is 391 g/mol. The molecular weight excluding hydrogens is 370 g/mol. The van der Waals surface area contributed by atoms with E-state index < -0.39 is 0 Å². The molecule has 0 radical (unpaired) electrons. The van der Waals surface area contributed by atoms with Gasteiger partial charge in [-0.15, -0.1) is 11.8 Å². The van der Waals surface area contributed by atoms with Crippen molar-refractivity contribution in [3.63, 3.8) is 0 Å². The van der Waals surface area contributed by atoms with E-state index in [1.54, 1.807) is 7.11 Å². The number of benzene rings is 2. The van der Waals surface area contributed by atoms with Crippen molar-refractivity contribution in [3.05, 3.63) is 71.4 Å². The molecule has 28 heavy (non-hydrogen) atoms. The number of ether oxygens (including phenoxy) is 1. The minimum Gasteiger partial charge on any atom is -0.497 e. The van der Waals surface area contributed by atoms with Crippen molar-refractivity contribution < 1.29 is 9.53 Å². The van der Waals surface area contributed by atoms with Gasteiger partial charge in [0, 0.05) is 16.3 Å². The van der Waals surface area contributed by atoms with E-state index in [1.165, 1.54) is 11.8 Å². The van der Waals surface area contributed by atoms with Gasteiger partial charge in [-0.3, -0.25) is 9.36 Å². The molecular formula is C22H21N3O2S. The number of carbonyl (C=O) groups is 1. The van der Waals surface area contributed by atoms with E-state index in [2.05, 4.69) is 11.4 Å². The molecule has 1 aromatic heterocycles. The number of nitrogens with zero attached hydrogens (tertiary/aromatic N) is 2. The number of nitriles is 1. The average Bonchev–Trinajstić information content (AvgIpc) is 2.96. The van der Waals surface area contributed by atoms with E-state index in [0.717, 1.165) is 27.6 Å². The Balaban J connectivity index is 1.82. The number of hydrogen-bond acceptors (Lipinski definition) is 4. The van der Waals surface area contributed by atoms with E-state index in [1.807, 2.05) is 73.0 Å². The number of methoxy groups -OCH3 is 1. The maximum atomic E-state index is 12.6. The highest BCUT2D eigenvalue weighted by molar-refractivity contribution is 8.00. The quantitative estimate of drug-likeness (QED) is 0.618. The molecule has 1 heterocycles. The molecule has 6 heteroatoms. The summed E-state index contributed by atoms with van der Waals surface area (Å²) in [6.45, 7) is 3.85. The minimum atomic E-state index is -0.160. The molecule has 142 valence electrons. The molecule has 2 aromatic carbocycles. The second-order valence-corrected chi connectivity index (χ2v) is 7.28. The van der Waals surface area contributed by atoms with Crippen LogP contribution in [0.15, 0.2) is 59.5 Å². The van der Waals surface area contributed by atoms with Crippen molar-refractivity contribution in [2.45, 2.75) is 18.7 Å². The molecule has 0 bridgehead atoms. The van der Waals surface area contributed by atoms with Gasteiger partial charge in [0.15, 0.2) is 0 Å². The molecule has 0 aliphatic rings. The van der Waals surface area contributed by atoms with Gasteiger partial charge < -0.3 is 10.1 Å². The third-order valence-corrected chi connectivity index (χ3v) is 5.54. The Morgan fingerprint density at radius 2 is 1.82 bits per heavy atom. The van der Waals surface area contributed by atoms with E-state index >= 15 is 0 Å². The maximum absolute atomic E-state index is 12.6. The summed E-state index contributed by atoms with van der Waals surface area (Å²) in [5.74, 6) is 1.38. The SMILES string of the molecule is COc1ccc(SCC(=O)Nc2c(C#N)c(C)c(C)n2-c2ccccc2)cc1. The number of para-hydroxylation sites is 1. The standard InChI is InChI=1S/C22H21N3O2S/c1-15-16(2)25(17-7-5-4-6-8-17)22(20(15)13-23)24-21(26)14-28-19-11-9-18(27-3)10-12-19/h4-12H,14H2,1-3H3,(H,24,26). The summed E-state index contributed by atoms with van der Waals surface area (Å²) in [6.07, 6.45) is 0. The van der Waals surface area contributed by atoms with Crippen molar-refractivity contribution in [1.82, 2.24) is 4.57 Å². The van der Waals surface area contributed by atoms with Gasteiger partial charge in [-0.05, 0) is 55.8 Å². The molecule has 0 spiro atoms. The number of amides is 1. The molecule has 1 amide bonds. The Morgan fingerprint density at radius 3 is 2.43 bits per heavy atom. The van der Waals surface area contributed by atoms with Crippen LogP contribution in [0.25, 0.3) is 5.69 Å². The lowest BCUT2D eigenvalue weighted by atomic mass is 10.2. The number of hydrogen-bond donors (Lipinski definition) is 1. The summed E-state index contributed by atoms with van der Waals surface area (Å²) in [5, 5.41) is 12.6. The summed E-state index contributed by atoms with van der Waals surface area (Å²) < 4.78 is 7.07. The normalized spacial score (nSPS) is 10.4. The first-order chi connectivity index (χ1) is 13.5. The summed E-state index contributed by atoms with van der Waals surface area (Å²) in [7, 11) is 1.62. The van der Waals surface area contributed by atoms with Crippen LogP contribution in [0.1, 0.15) is 16.8 Å². The van der Waals surface area contributed by atoms with Crippen LogP contribution in [0.3, 0.4) is 0 Å². The minimum absolute atomic E-state index is 0.160. The van der Waals surface area contributed by atoms with Gasteiger partial charge in [0.25, 0.3) is 0 Å². The fraction of sp³-hybridized carbons (Fsp3) is 0.182. The number of carbonyl (C=O) groups excluding carboxylic acids is 1. The highest BCUT2D eigenvalue weighted by Crippen LogP contribution is 2.30. The van der Waals surface area contributed by atoms with Crippen LogP contribution in [0.5, 0.6) is 5.75 Å². The zero-order valence-corrected chi connectivity index (χ0v) is 16.8. The van der Waals surface area contributed by atoms with Gasteiger partial charge in [0.2, 0.25) is 5.91 Å². The number of aromatic nitrogens is 1. The van der Waals surface area contributed by atoms with E-state index in [9.17, 15) is 10.1 Å². The number of nitrogens with one attached hydrogen (secondary N) is 1. The smallest absolute Gasteiger partial charge is 0.235 e. The van der Waals surface area contributed by atoms with E-state index in [0.29, 0.717) is 11.4 Å². The van der Waals surface area contributed by atoms with E-state index in [4.69, 9.17) is 4.74 Å². The Bertz CT molecular complexity index is 1020. The first-order valence-electron chi connectivity index (χ1n) is 8.79. The third kappa shape index (κ3) is 4.05. The number of thioether (sulfide) groups is 1. The van der Waals surface area contributed by atoms with Crippen LogP contribution in [0.4, 0.5) is 5.82 Å². The summed E-state index contributed by atoms with van der Waals surface area (Å²) in [5.41, 5.74) is 3.19. The van der Waals surface area contributed by atoms with Crippen molar-refractivity contribution >= 4 is 23.5 Å². The largest absolute Gasteiger partial charge is 0.497 e. The van der Waals surface area contributed by atoms with Crippen molar-refractivity contribution in [3.8, 4) is 17.5 Å². The molecule has 0 fully saturated rings. The zero-order valence-electron chi connectivity index (χ0n) is 16.0. The third-order valence-electron chi connectivity index (χ3n) is 4.53. The molecule has 3 aromatic rings. The second kappa shape index (κ2) is 8.68. The first-order valence-corrected chi connectivity index (χ1v) is 9.77. The van der Waals surface area contributed by atoms with Crippen LogP contribution in [-0.4, -0.2) is 23.3 Å². The topological polar surface area (TPSA) is 67.0 Å². The van der Waals surface area contributed by atoms with Crippen molar-refractivity contribution in [2.24, 2.45) is 0 Å². The maximum Gasteiger partial charge on any atom is 0.235 e. The molecule has 0 saturated heterocycles. The van der Waals surface area contributed by atoms with Gasteiger partial charge in [-0.25, -0.2) is 0 Å². The lowest BCUT2D eigenvalue weighted by molar-refractivity contribution is -0.113. The van der Waals surface area contributed by atoms with Crippen LogP contribution in [-0.2, 0) is 4.79 Å². The van der Waals surface area contributed by atoms with Crippen LogP contribution in [0.2, 0.25) is 0 Å². The van der Waals surface area contributed by atoms with Gasteiger partial charge >= 0.3 is 0 Å². The van der Waals surface area contributed by atoms with Gasteiger partial charge in [-0.2, -0.15) is 5.26 Å². The van der Waals surface area contributed by atoms with Crippen LogP contribution >= 0.6 is 11.8 Å². The number of rotatable bonds is 6. The van der Waals surface area contributed by atoms with Crippen LogP contribution < -0.4 is 10.1 Å². The molecule has 0 aliphatic carbocycles. The first kappa shape index (κ1) is 19.6. The molecule has 0 atom stereocenters. The fourth-order valence-electron chi connectivity index (χ4n) is 2.95. The summed E-state index contributed by atoms with van der Waals surface area (Å²) >= 11 is 1.43. The lowest BCUT2D eigenvalue weighted by Gasteiger charge is -2.13. The Labute approximate surface area is 168 Å². The molecule has 5 nitrogen and oxygen atoms in total. The summed E-state index contributed by atoms with van der Waals surface area (Å²) in [4.78, 5) is 13.6. The fourth-order valence-corrected chi connectivity index (χ4v) is 3.65. The predicted octanol–water partition coefficient (Wildman–Crippen LogP) is 4.71. The molecule has 0 aliphatic heterocycles. The predicted molar refractivity (Wildman–Crippen MR) is 112 cm³/mol. The lowest BCUT2D eigenvalue weighted by Crippen LogP contribution is -2.17. The van der Waals surface area contributed by atoms with Gasteiger partial charge in [0.05, 0.1) is 18.4 Å². The van der Waals surface area contributed by atoms with E-state index in [-0.39, 0.29) is 11.7 Å². The Kier molecular flexibility index (Phi) is 6.07. The van der Waals surface area contributed by atoms with Crippen molar-refractivity contribution in [1.29, 1.82) is 5.26 Å². The van der Waals surface area contributed by atoms with Crippen LogP contribution in [0, 0.1) is 25.2 Å². The molecule has 3 rings (SSSR count). The average molecular weight is 391 g/mol. The zero-order chi connectivity index (χ0) is 20.1. The Morgan fingerprint density at radius 1 is 1.14 bits per heavy atom. The van der Waals surface area contributed by atoms with Crippen molar-refractivity contribution in [2.75, 3.05) is 18.2 Å². The molecule has 0 unspecified atom stereocenters. The molecule has 0 saturated carbocycles. The number of anilines is 1. The Hall–Kier alpha value is -3.17. The highest BCUT2D eigenvalue weighted by atomic mass is 32.2. The second-order valence-electron chi connectivity index (χ2n) is 6.23. The molecule has 1 N–H and O–H groups in total. The van der Waals surface area contributed by atoms with Gasteiger partial charge in [-0.1, -0.05) is 18.2 Å².